The third kappa shape index (κ3) is 3.84. The molecule has 0 radical (unpaired) electrons. The molecule has 19 heavy (non-hydrogen) atoms. The Kier molecular flexibility index (Phi) is 4.18. The van der Waals surface area contributed by atoms with Gasteiger partial charge in [0.2, 0.25) is 5.88 Å². The Balaban J connectivity index is 1.93. The summed E-state index contributed by atoms with van der Waals surface area (Å²) >= 11 is 0. The first-order valence-corrected chi connectivity index (χ1v) is 6.10. The van der Waals surface area contributed by atoms with Crippen molar-refractivity contribution >= 4 is 5.97 Å². The second-order valence-electron chi connectivity index (χ2n) is 4.50. The summed E-state index contributed by atoms with van der Waals surface area (Å²) in [5.41, 5.74) is 1.91. The molecule has 5 heteroatoms. The van der Waals surface area contributed by atoms with E-state index in [1.807, 2.05) is 43.3 Å². The Morgan fingerprint density at radius 1 is 1.42 bits per heavy atom. The summed E-state index contributed by atoms with van der Waals surface area (Å²) in [6, 6.07) is 11.6. The van der Waals surface area contributed by atoms with Gasteiger partial charge in [0.25, 0.3) is 0 Å². The number of benzene rings is 1. The van der Waals surface area contributed by atoms with Gasteiger partial charge in [0.15, 0.2) is 0 Å². The number of aromatic nitrogens is 2. The maximum Gasteiger partial charge on any atom is 0.303 e. The summed E-state index contributed by atoms with van der Waals surface area (Å²) in [5.74, 6) is -0.381. The van der Waals surface area contributed by atoms with E-state index in [0.717, 1.165) is 11.3 Å². The molecule has 1 aromatic carbocycles. The molecule has 2 rings (SSSR count). The molecule has 0 saturated carbocycles. The van der Waals surface area contributed by atoms with Gasteiger partial charge >= 0.3 is 5.97 Å². The number of nitrogens with zero attached hydrogens (tertiary/aromatic N) is 1. The fourth-order valence-electron chi connectivity index (χ4n) is 1.73. The van der Waals surface area contributed by atoms with Gasteiger partial charge in [-0.15, -0.1) is 5.10 Å². The minimum Gasteiger partial charge on any atom is -0.481 e. The Morgan fingerprint density at radius 2 is 2.16 bits per heavy atom. The summed E-state index contributed by atoms with van der Waals surface area (Å²) < 4.78 is 5.47. The molecule has 0 fully saturated rings. The zero-order valence-electron chi connectivity index (χ0n) is 10.7. The van der Waals surface area contributed by atoms with Gasteiger partial charge in [0.05, 0.1) is 18.7 Å². The molecule has 0 aliphatic heterocycles. The van der Waals surface area contributed by atoms with Crippen LogP contribution in [0.2, 0.25) is 0 Å². The quantitative estimate of drug-likeness (QED) is 0.837. The van der Waals surface area contributed by atoms with Crippen molar-refractivity contribution in [2.24, 2.45) is 5.92 Å². The van der Waals surface area contributed by atoms with Crippen LogP contribution in [0.1, 0.15) is 13.3 Å². The second kappa shape index (κ2) is 6.04. The lowest BCUT2D eigenvalue weighted by Crippen LogP contribution is -2.13. The third-order valence-electron chi connectivity index (χ3n) is 2.68. The molecule has 1 aromatic heterocycles. The molecule has 0 aliphatic carbocycles. The number of carbonyl (C=O) groups is 1. The molecular weight excluding hydrogens is 244 g/mol. The van der Waals surface area contributed by atoms with Crippen LogP contribution in [-0.4, -0.2) is 27.9 Å². The Bertz CT molecular complexity index is 537. The van der Waals surface area contributed by atoms with E-state index in [-0.39, 0.29) is 12.3 Å². The summed E-state index contributed by atoms with van der Waals surface area (Å²) in [4.78, 5) is 10.5. The highest BCUT2D eigenvalue weighted by Crippen LogP contribution is 2.20. The number of nitrogens with one attached hydrogen (secondary N) is 1. The smallest absolute Gasteiger partial charge is 0.303 e. The van der Waals surface area contributed by atoms with Gasteiger partial charge in [-0.3, -0.25) is 9.89 Å². The standard InChI is InChI=1S/C14H16N2O3/c1-10(7-14(17)18)9-19-13-8-12(15-16-13)11-5-3-2-4-6-11/h2-6,8,10H,7,9H2,1H3,(H,15,16)(H,17,18). The minimum absolute atomic E-state index is 0.0469. The van der Waals surface area contributed by atoms with Crippen molar-refractivity contribution in [3.05, 3.63) is 36.4 Å². The zero-order chi connectivity index (χ0) is 13.7. The lowest BCUT2D eigenvalue weighted by atomic mass is 10.1. The van der Waals surface area contributed by atoms with Crippen LogP contribution in [0.25, 0.3) is 11.3 Å². The van der Waals surface area contributed by atoms with E-state index in [2.05, 4.69) is 10.2 Å². The zero-order valence-corrected chi connectivity index (χ0v) is 10.7. The number of carboxylic acids is 1. The number of carboxylic acid groups (broad SMARTS) is 1. The molecule has 2 N–H and O–H groups in total. The molecular formula is C14H16N2O3. The lowest BCUT2D eigenvalue weighted by molar-refractivity contribution is -0.138. The summed E-state index contributed by atoms with van der Waals surface area (Å²) in [6.07, 6.45) is 0.0932. The summed E-state index contributed by atoms with van der Waals surface area (Å²) in [5, 5.41) is 15.6. The third-order valence-corrected chi connectivity index (χ3v) is 2.68. The lowest BCUT2D eigenvalue weighted by Gasteiger charge is -2.08. The highest BCUT2D eigenvalue weighted by Gasteiger charge is 2.10. The van der Waals surface area contributed by atoms with E-state index in [4.69, 9.17) is 9.84 Å². The van der Waals surface area contributed by atoms with Crippen molar-refractivity contribution in [1.29, 1.82) is 0 Å². The SMILES string of the molecule is CC(COc1cc(-c2ccccc2)[nH]n1)CC(=O)O. The number of ether oxygens (including phenoxy) is 1. The predicted octanol–water partition coefficient (Wildman–Crippen LogP) is 2.57. The van der Waals surface area contributed by atoms with Crippen molar-refractivity contribution in [1.82, 2.24) is 10.2 Å². The van der Waals surface area contributed by atoms with Crippen LogP contribution in [0.4, 0.5) is 0 Å². The minimum atomic E-state index is -0.817. The van der Waals surface area contributed by atoms with Crippen LogP contribution in [0.15, 0.2) is 36.4 Å². The van der Waals surface area contributed by atoms with Crippen LogP contribution in [0.3, 0.4) is 0 Å². The van der Waals surface area contributed by atoms with Gasteiger partial charge in [0.1, 0.15) is 0 Å². The monoisotopic (exact) mass is 260 g/mol. The molecule has 0 aliphatic rings. The molecule has 0 amide bonds. The van der Waals surface area contributed by atoms with Crippen LogP contribution in [0.5, 0.6) is 5.88 Å². The maximum absolute atomic E-state index is 10.5. The molecule has 2 aromatic rings. The van der Waals surface area contributed by atoms with Crippen LogP contribution >= 0.6 is 0 Å². The average molecular weight is 260 g/mol. The van der Waals surface area contributed by atoms with Crippen LogP contribution < -0.4 is 4.74 Å². The number of aliphatic carboxylic acids is 1. The van der Waals surface area contributed by atoms with Gasteiger partial charge in [0, 0.05) is 12.0 Å². The van der Waals surface area contributed by atoms with E-state index in [0.29, 0.717) is 12.5 Å². The van der Waals surface area contributed by atoms with Crippen molar-refractivity contribution in [3.8, 4) is 17.1 Å². The Hall–Kier alpha value is -2.30. The molecule has 100 valence electrons. The number of H-pyrrole nitrogens is 1. The average Bonchev–Trinajstić information content (AvgIpc) is 2.85. The molecule has 1 heterocycles. The summed E-state index contributed by atoms with van der Waals surface area (Å²) in [6.45, 7) is 2.17. The first-order valence-electron chi connectivity index (χ1n) is 6.10. The van der Waals surface area contributed by atoms with E-state index in [1.165, 1.54) is 0 Å². The normalized spacial score (nSPS) is 12.1. The van der Waals surface area contributed by atoms with E-state index in [1.54, 1.807) is 0 Å². The highest BCUT2D eigenvalue weighted by atomic mass is 16.5. The van der Waals surface area contributed by atoms with Gasteiger partial charge in [-0.2, -0.15) is 0 Å². The fraction of sp³-hybridized carbons (Fsp3) is 0.286. The van der Waals surface area contributed by atoms with Gasteiger partial charge in [-0.25, -0.2) is 0 Å². The van der Waals surface area contributed by atoms with Crippen molar-refractivity contribution in [2.75, 3.05) is 6.61 Å². The van der Waals surface area contributed by atoms with E-state index in [9.17, 15) is 4.79 Å². The second-order valence-corrected chi connectivity index (χ2v) is 4.50. The highest BCUT2D eigenvalue weighted by molar-refractivity contribution is 5.67. The number of hydrogen-bond acceptors (Lipinski definition) is 3. The largest absolute Gasteiger partial charge is 0.481 e. The fourth-order valence-corrected chi connectivity index (χ4v) is 1.73. The number of hydrogen-bond donors (Lipinski definition) is 2. The molecule has 1 unspecified atom stereocenters. The molecule has 5 nitrogen and oxygen atoms in total. The van der Waals surface area contributed by atoms with Crippen LogP contribution in [-0.2, 0) is 4.79 Å². The van der Waals surface area contributed by atoms with Crippen molar-refractivity contribution < 1.29 is 14.6 Å². The van der Waals surface area contributed by atoms with Gasteiger partial charge < -0.3 is 9.84 Å². The topological polar surface area (TPSA) is 75.2 Å². The van der Waals surface area contributed by atoms with Crippen molar-refractivity contribution in [3.63, 3.8) is 0 Å². The first kappa shape index (κ1) is 13.1. The van der Waals surface area contributed by atoms with Gasteiger partial charge in [-0.05, 0) is 5.56 Å². The Morgan fingerprint density at radius 3 is 2.84 bits per heavy atom. The molecule has 1 atom stereocenters. The number of rotatable bonds is 6. The summed E-state index contributed by atoms with van der Waals surface area (Å²) in [7, 11) is 0. The number of aromatic amines is 1. The molecule has 0 bridgehead atoms. The molecule has 0 spiro atoms. The maximum atomic E-state index is 10.5. The van der Waals surface area contributed by atoms with E-state index < -0.39 is 5.97 Å². The van der Waals surface area contributed by atoms with E-state index >= 15 is 0 Å². The van der Waals surface area contributed by atoms with Gasteiger partial charge in [-0.1, -0.05) is 37.3 Å². The first-order chi connectivity index (χ1) is 9.15. The molecule has 0 saturated heterocycles. The Labute approximate surface area is 111 Å². The predicted molar refractivity (Wildman–Crippen MR) is 70.9 cm³/mol. The van der Waals surface area contributed by atoms with Crippen molar-refractivity contribution in [2.45, 2.75) is 13.3 Å². The van der Waals surface area contributed by atoms with Crippen LogP contribution in [0, 0.1) is 5.92 Å².